The second kappa shape index (κ2) is 6.99. The van der Waals surface area contributed by atoms with E-state index in [2.05, 4.69) is 0 Å². The van der Waals surface area contributed by atoms with Crippen LogP contribution in [0, 0.1) is 10.1 Å². The Balaban J connectivity index is 2.25. The summed E-state index contributed by atoms with van der Waals surface area (Å²) in [5.74, 6) is 0. The molecule has 0 fully saturated rings. The van der Waals surface area contributed by atoms with Crippen molar-refractivity contribution in [1.29, 1.82) is 0 Å². The number of nitro groups is 1. The molecule has 3 nitrogen and oxygen atoms in total. The Bertz CT molecular complexity index is 875. The molecule has 0 saturated heterocycles. The summed E-state index contributed by atoms with van der Waals surface area (Å²) in [7, 11) is 0. The maximum atomic E-state index is 12.2. The molecule has 0 atom stereocenters. The van der Waals surface area contributed by atoms with Crippen LogP contribution in [0.25, 0.3) is 0 Å². The molecule has 0 aliphatic heterocycles. The van der Waals surface area contributed by atoms with Crippen LogP contribution in [0.3, 0.4) is 0 Å². The van der Waals surface area contributed by atoms with Crippen LogP contribution in [0.15, 0.2) is 78.9 Å². The van der Waals surface area contributed by atoms with E-state index >= 15 is 0 Å². The summed E-state index contributed by atoms with van der Waals surface area (Å²) in [6.07, 6.45) is 0. The standard InChI is InChI=1S/C24H25NO2/c1-23(2,18-12-7-5-8-13-18)20-16-11-17-21(22(20)25(26)27)24(3,4)19-14-9-6-10-15-19/h5-17H,1-4H3. The number of benzene rings is 3. The van der Waals surface area contributed by atoms with Gasteiger partial charge in [0.1, 0.15) is 0 Å². The number of hydrogen-bond acceptors (Lipinski definition) is 2. The maximum absolute atomic E-state index is 12.2. The SMILES string of the molecule is CC(C)(c1ccccc1)c1cccc(C(C)(C)c2ccccc2)c1[N+](=O)[O-]. The Labute approximate surface area is 160 Å². The minimum absolute atomic E-state index is 0.209. The lowest BCUT2D eigenvalue weighted by Gasteiger charge is -2.30. The van der Waals surface area contributed by atoms with Crippen molar-refractivity contribution >= 4 is 5.69 Å². The van der Waals surface area contributed by atoms with Gasteiger partial charge in [-0.2, -0.15) is 0 Å². The maximum Gasteiger partial charge on any atom is 0.277 e. The lowest BCUT2D eigenvalue weighted by atomic mass is 9.72. The molecule has 138 valence electrons. The van der Waals surface area contributed by atoms with Crippen molar-refractivity contribution in [3.63, 3.8) is 0 Å². The summed E-state index contributed by atoms with van der Waals surface area (Å²) in [6.45, 7) is 8.18. The summed E-state index contributed by atoms with van der Waals surface area (Å²) in [6, 6.07) is 25.6. The lowest BCUT2D eigenvalue weighted by Crippen LogP contribution is -2.25. The molecule has 3 aromatic carbocycles. The first-order valence-electron chi connectivity index (χ1n) is 9.15. The first kappa shape index (κ1) is 18.8. The van der Waals surface area contributed by atoms with Crippen LogP contribution in [-0.4, -0.2) is 4.92 Å². The van der Waals surface area contributed by atoms with Gasteiger partial charge in [0.25, 0.3) is 5.69 Å². The van der Waals surface area contributed by atoms with E-state index in [4.69, 9.17) is 0 Å². The van der Waals surface area contributed by atoms with Crippen LogP contribution in [0.2, 0.25) is 0 Å². The third-order valence-corrected chi connectivity index (χ3v) is 5.56. The predicted octanol–water partition coefficient (Wildman–Crippen LogP) is 6.25. The van der Waals surface area contributed by atoms with E-state index in [0.29, 0.717) is 0 Å². The van der Waals surface area contributed by atoms with Crippen molar-refractivity contribution in [2.45, 2.75) is 38.5 Å². The van der Waals surface area contributed by atoms with Crippen LogP contribution in [-0.2, 0) is 10.8 Å². The summed E-state index contributed by atoms with van der Waals surface area (Å²) in [4.78, 5) is 12.0. The van der Waals surface area contributed by atoms with Crippen LogP contribution in [0.5, 0.6) is 0 Å². The van der Waals surface area contributed by atoms with Gasteiger partial charge >= 0.3 is 0 Å². The second-order valence-electron chi connectivity index (χ2n) is 7.94. The molecule has 0 amide bonds. The molecule has 27 heavy (non-hydrogen) atoms. The Morgan fingerprint density at radius 1 is 0.630 bits per heavy atom. The summed E-state index contributed by atoms with van der Waals surface area (Å²) < 4.78 is 0. The zero-order chi connectivity index (χ0) is 19.7. The van der Waals surface area contributed by atoms with Gasteiger partial charge in [0.2, 0.25) is 0 Å². The van der Waals surface area contributed by atoms with Gasteiger partial charge in [-0.25, -0.2) is 0 Å². The fraction of sp³-hybridized carbons (Fsp3) is 0.250. The fourth-order valence-electron chi connectivity index (χ4n) is 3.77. The molecule has 3 rings (SSSR count). The molecule has 0 aromatic heterocycles. The fourth-order valence-corrected chi connectivity index (χ4v) is 3.77. The summed E-state index contributed by atoms with van der Waals surface area (Å²) in [5.41, 5.74) is 2.84. The number of nitrogens with zero attached hydrogens (tertiary/aromatic N) is 1. The monoisotopic (exact) mass is 359 g/mol. The number of para-hydroxylation sites is 1. The van der Waals surface area contributed by atoms with Crippen LogP contribution < -0.4 is 0 Å². The minimum atomic E-state index is -0.480. The normalized spacial score (nSPS) is 12.0. The van der Waals surface area contributed by atoms with E-state index in [1.807, 2.05) is 107 Å². The zero-order valence-electron chi connectivity index (χ0n) is 16.3. The van der Waals surface area contributed by atoms with Gasteiger partial charge in [0.15, 0.2) is 0 Å². The Hall–Kier alpha value is -2.94. The minimum Gasteiger partial charge on any atom is -0.258 e. The Morgan fingerprint density at radius 2 is 1.00 bits per heavy atom. The quantitative estimate of drug-likeness (QED) is 0.399. The Morgan fingerprint density at radius 3 is 1.33 bits per heavy atom. The molecule has 0 bridgehead atoms. The van der Waals surface area contributed by atoms with Crippen molar-refractivity contribution in [2.75, 3.05) is 0 Å². The van der Waals surface area contributed by atoms with Crippen LogP contribution in [0.4, 0.5) is 5.69 Å². The van der Waals surface area contributed by atoms with Crippen molar-refractivity contribution in [1.82, 2.24) is 0 Å². The summed E-state index contributed by atoms with van der Waals surface area (Å²) >= 11 is 0. The second-order valence-corrected chi connectivity index (χ2v) is 7.94. The van der Waals surface area contributed by atoms with Gasteiger partial charge in [-0.15, -0.1) is 0 Å². The first-order chi connectivity index (χ1) is 12.8. The van der Waals surface area contributed by atoms with E-state index in [-0.39, 0.29) is 10.6 Å². The van der Waals surface area contributed by atoms with Crippen molar-refractivity contribution in [2.24, 2.45) is 0 Å². The molecule has 3 aromatic rings. The molecular formula is C24H25NO2. The molecule has 0 unspecified atom stereocenters. The van der Waals surface area contributed by atoms with Gasteiger partial charge < -0.3 is 0 Å². The molecule has 0 saturated carbocycles. The van der Waals surface area contributed by atoms with Crippen molar-refractivity contribution < 1.29 is 4.92 Å². The highest BCUT2D eigenvalue weighted by atomic mass is 16.6. The highest BCUT2D eigenvalue weighted by Gasteiger charge is 2.37. The molecule has 0 N–H and O–H groups in total. The van der Waals surface area contributed by atoms with E-state index in [1.165, 1.54) is 0 Å². The van der Waals surface area contributed by atoms with E-state index in [0.717, 1.165) is 22.3 Å². The van der Waals surface area contributed by atoms with Gasteiger partial charge in [0.05, 0.1) is 4.92 Å². The molecule has 0 heterocycles. The largest absolute Gasteiger partial charge is 0.277 e. The van der Waals surface area contributed by atoms with Gasteiger partial charge in [-0.05, 0) is 11.1 Å². The topological polar surface area (TPSA) is 43.1 Å². The number of nitro benzene ring substituents is 1. The van der Waals surface area contributed by atoms with E-state index in [1.54, 1.807) is 0 Å². The molecule has 0 spiro atoms. The third kappa shape index (κ3) is 3.37. The molecule has 0 aliphatic carbocycles. The Kier molecular flexibility index (Phi) is 4.88. The highest BCUT2D eigenvalue weighted by molar-refractivity contribution is 5.59. The molecule has 0 radical (unpaired) electrons. The zero-order valence-corrected chi connectivity index (χ0v) is 16.3. The highest BCUT2D eigenvalue weighted by Crippen LogP contribution is 2.44. The number of rotatable bonds is 5. The van der Waals surface area contributed by atoms with Crippen molar-refractivity contribution in [3.05, 3.63) is 111 Å². The summed E-state index contributed by atoms with van der Waals surface area (Å²) in [5, 5.41) is 12.2. The first-order valence-corrected chi connectivity index (χ1v) is 9.15. The lowest BCUT2D eigenvalue weighted by molar-refractivity contribution is -0.387. The predicted molar refractivity (Wildman–Crippen MR) is 110 cm³/mol. The molecule has 0 aliphatic rings. The van der Waals surface area contributed by atoms with Gasteiger partial charge in [-0.1, -0.05) is 107 Å². The van der Waals surface area contributed by atoms with E-state index in [9.17, 15) is 10.1 Å². The smallest absolute Gasteiger partial charge is 0.258 e. The molecule has 3 heteroatoms. The van der Waals surface area contributed by atoms with Crippen molar-refractivity contribution in [3.8, 4) is 0 Å². The third-order valence-electron chi connectivity index (χ3n) is 5.56. The van der Waals surface area contributed by atoms with E-state index < -0.39 is 10.8 Å². The average Bonchev–Trinajstić information content (AvgIpc) is 2.68. The van der Waals surface area contributed by atoms with Crippen LogP contribution in [0.1, 0.15) is 49.9 Å². The van der Waals surface area contributed by atoms with Crippen LogP contribution >= 0.6 is 0 Å². The number of hydrogen-bond donors (Lipinski definition) is 0. The van der Waals surface area contributed by atoms with Gasteiger partial charge in [0, 0.05) is 22.0 Å². The molecular weight excluding hydrogens is 334 g/mol. The average molecular weight is 359 g/mol. The van der Waals surface area contributed by atoms with Gasteiger partial charge in [-0.3, -0.25) is 10.1 Å².